The Balaban J connectivity index is 1.55. The maximum atomic E-state index is 14.9. The van der Waals surface area contributed by atoms with Crippen LogP contribution < -0.4 is 5.32 Å². The van der Waals surface area contributed by atoms with E-state index in [0.29, 0.717) is 22.4 Å². The number of carbonyl (C=O) groups is 3. The van der Waals surface area contributed by atoms with Gasteiger partial charge in [0.25, 0.3) is 0 Å². The lowest BCUT2D eigenvalue weighted by Crippen LogP contribution is -2.49. The molecule has 1 saturated heterocycles. The number of aryl methyl sites for hydroxylation is 1. The van der Waals surface area contributed by atoms with Gasteiger partial charge < -0.3 is 10.2 Å². The average molecular weight is 529 g/mol. The van der Waals surface area contributed by atoms with E-state index in [-0.39, 0.29) is 11.6 Å². The summed E-state index contributed by atoms with van der Waals surface area (Å²) in [5, 5.41) is 2.95. The monoisotopic (exact) mass is 528 g/mol. The van der Waals surface area contributed by atoms with E-state index in [1.165, 1.54) is 18.2 Å². The Morgan fingerprint density at radius 1 is 0.850 bits per heavy atom. The molecule has 3 heterocycles. The Morgan fingerprint density at radius 2 is 1.55 bits per heavy atom. The zero-order valence-electron chi connectivity index (χ0n) is 21.7. The second-order valence-corrected chi connectivity index (χ2v) is 10.7. The molecule has 0 saturated carbocycles. The number of rotatable bonds is 4. The number of halogens is 1. The van der Waals surface area contributed by atoms with Crippen LogP contribution in [-0.4, -0.2) is 28.4 Å². The SMILES string of the molecule is Cc1ccc(C(=O)[C@@H]2[C@@H](C(=O)c3ccccc3)N3C=Cc4ccccc4C3[C@@]23C(=O)Nc2ccc(F)cc23)cc1. The zero-order chi connectivity index (χ0) is 27.6. The van der Waals surface area contributed by atoms with Gasteiger partial charge in [-0.2, -0.15) is 0 Å². The van der Waals surface area contributed by atoms with Crippen molar-refractivity contribution in [1.82, 2.24) is 4.90 Å². The fourth-order valence-electron chi connectivity index (χ4n) is 6.85. The van der Waals surface area contributed by atoms with Gasteiger partial charge in [0.1, 0.15) is 17.3 Å². The largest absolute Gasteiger partial charge is 0.358 e. The number of ketones is 2. The molecular formula is C34H25FN2O3. The van der Waals surface area contributed by atoms with Gasteiger partial charge >= 0.3 is 0 Å². The van der Waals surface area contributed by atoms with Crippen molar-refractivity contribution in [1.29, 1.82) is 0 Å². The van der Waals surface area contributed by atoms with Gasteiger partial charge in [0, 0.05) is 23.0 Å². The lowest BCUT2D eigenvalue weighted by molar-refractivity contribution is -0.122. The van der Waals surface area contributed by atoms with Crippen molar-refractivity contribution in [2.45, 2.75) is 24.4 Å². The van der Waals surface area contributed by atoms with Crippen molar-refractivity contribution in [2.75, 3.05) is 5.32 Å². The van der Waals surface area contributed by atoms with E-state index in [1.807, 2.05) is 66.6 Å². The Kier molecular flexibility index (Phi) is 5.36. The maximum absolute atomic E-state index is 14.9. The lowest BCUT2D eigenvalue weighted by atomic mass is 9.62. The molecule has 1 fully saturated rings. The highest BCUT2D eigenvalue weighted by Crippen LogP contribution is 2.62. The van der Waals surface area contributed by atoms with Crippen molar-refractivity contribution in [3.8, 4) is 0 Å². The van der Waals surface area contributed by atoms with Gasteiger partial charge in [-0.05, 0) is 47.9 Å². The van der Waals surface area contributed by atoms with E-state index < -0.39 is 35.1 Å². The van der Waals surface area contributed by atoms with Crippen LogP contribution in [0.15, 0.2) is 103 Å². The van der Waals surface area contributed by atoms with Crippen LogP contribution in [0.4, 0.5) is 10.1 Å². The van der Waals surface area contributed by atoms with Crippen LogP contribution >= 0.6 is 0 Å². The van der Waals surface area contributed by atoms with Gasteiger partial charge in [0.05, 0.1) is 12.0 Å². The molecular weight excluding hydrogens is 503 g/mol. The molecule has 0 aliphatic carbocycles. The molecule has 3 aliphatic heterocycles. The first-order valence-corrected chi connectivity index (χ1v) is 13.3. The molecule has 1 spiro atoms. The first-order chi connectivity index (χ1) is 19.4. The smallest absolute Gasteiger partial charge is 0.238 e. The third-order valence-electron chi connectivity index (χ3n) is 8.57. The van der Waals surface area contributed by atoms with E-state index in [4.69, 9.17) is 0 Å². The van der Waals surface area contributed by atoms with E-state index in [0.717, 1.165) is 16.7 Å². The second-order valence-electron chi connectivity index (χ2n) is 10.7. The van der Waals surface area contributed by atoms with Gasteiger partial charge in [-0.15, -0.1) is 0 Å². The topological polar surface area (TPSA) is 66.5 Å². The Bertz CT molecular complexity index is 1730. The van der Waals surface area contributed by atoms with Crippen LogP contribution in [0, 0.1) is 18.7 Å². The first kappa shape index (κ1) is 24.2. The highest BCUT2D eigenvalue weighted by molar-refractivity contribution is 6.16. The number of nitrogens with zero attached hydrogens (tertiary/aromatic N) is 1. The predicted molar refractivity (Wildman–Crippen MR) is 150 cm³/mol. The minimum absolute atomic E-state index is 0.269. The number of amides is 1. The summed E-state index contributed by atoms with van der Waals surface area (Å²) in [6.45, 7) is 1.93. The van der Waals surface area contributed by atoms with Crippen LogP contribution in [0.2, 0.25) is 0 Å². The quantitative estimate of drug-likeness (QED) is 0.324. The van der Waals surface area contributed by atoms with Gasteiger partial charge in [0.15, 0.2) is 11.6 Å². The third-order valence-corrected chi connectivity index (χ3v) is 8.57. The number of nitrogens with one attached hydrogen (secondary N) is 1. The molecule has 0 bridgehead atoms. The van der Waals surface area contributed by atoms with Crippen molar-refractivity contribution in [3.63, 3.8) is 0 Å². The fraction of sp³-hybridized carbons (Fsp3) is 0.147. The van der Waals surface area contributed by atoms with Crippen LogP contribution in [0.25, 0.3) is 6.08 Å². The van der Waals surface area contributed by atoms with Crippen molar-refractivity contribution >= 4 is 29.2 Å². The van der Waals surface area contributed by atoms with Crippen molar-refractivity contribution < 1.29 is 18.8 Å². The third kappa shape index (κ3) is 3.29. The standard InChI is InChI=1S/C34H25FN2O3/c1-20-11-13-23(14-12-20)30(38)28-29(31(39)22-8-3-2-4-9-22)37-18-17-21-7-5-6-10-25(21)32(37)34(28)26-19-24(35)15-16-27(26)36-33(34)40/h2-19,28-29,32H,1H3,(H,36,40)/t28-,29-,32?,34-/m0/s1. The van der Waals surface area contributed by atoms with E-state index in [2.05, 4.69) is 5.32 Å². The molecule has 7 rings (SSSR count). The highest BCUT2D eigenvalue weighted by atomic mass is 19.1. The Labute approximate surface area is 231 Å². The fourth-order valence-corrected chi connectivity index (χ4v) is 6.85. The molecule has 0 radical (unpaired) electrons. The Morgan fingerprint density at radius 3 is 2.33 bits per heavy atom. The number of hydrogen-bond donors (Lipinski definition) is 1. The summed E-state index contributed by atoms with van der Waals surface area (Å²) in [4.78, 5) is 45.3. The summed E-state index contributed by atoms with van der Waals surface area (Å²) in [6.07, 6.45) is 3.72. The number of fused-ring (bicyclic) bond motifs is 6. The maximum Gasteiger partial charge on any atom is 0.238 e. The predicted octanol–water partition coefficient (Wildman–Crippen LogP) is 6.12. The molecule has 4 aromatic carbocycles. The highest BCUT2D eigenvalue weighted by Gasteiger charge is 2.70. The molecule has 4 atom stereocenters. The van der Waals surface area contributed by atoms with Crippen LogP contribution in [-0.2, 0) is 10.2 Å². The molecule has 40 heavy (non-hydrogen) atoms. The first-order valence-electron chi connectivity index (χ1n) is 13.3. The van der Waals surface area contributed by atoms with Crippen LogP contribution in [0.3, 0.4) is 0 Å². The zero-order valence-corrected chi connectivity index (χ0v) is 21.7. The van der Waals surface area contributed by atoms with Crippen LogP contribution in [0.1, 0.15) is 49.0 Å². The molecule has 3 aliphatic rings. The van der Waals surface area contributed by atoms with E-state index in [9.17, 15) is 18.8 Å². The lowest BCUT2D eigenvalue weighted by Gasteiger charge is -2.38. The Hall–Kier alpha value is -4.84. The normalized spacial score (nSPS) is 23.9. The number of hydrogen-bond acceptors (Lipinski definition) is 4. The molecule has 0 aromatic heterocycles. The second kappa shape index (κ2) is 8.85. The molecule has 4 aromatic rings. The van der Waals surface area contributed by atoms with E-state index >= 15 is 0 Å². The van der Waals surface area contributed by atoms with E-state index in [1.54, 1.807) is 36.4 Å². The van der Waals surface area contributed by atoms with Crippen molar-refractivity contribution in [2.24, 2.45) is 5.92 Å². The number of benzene rings is 4. The van der Waals surface area contributed by atoms with Gasteiger partial charge in [-0.1, -0.05) is 84.4 Å². The summed E-state index contributed by atoms with van der Waals surface area (Å²) in [5.74, 6) is -2.66. The molecule has 1 unspecified atom stereocenters. The van der Waals surface area contributed by atoms with Gasteiger partial charge in [-0.3, -0.25) is 14.4 Å². The molecule has 1 N–H and O–H groups in total. The molecule has 196 valence electrons. The van der Waals surface area contributed by atoms with Crippen molar-refractivity contribution in [3.05, 3.63) is 142 Å². The summed E-state index contributed by atoms with van der Waals surface area (Å²) in [6, 6.07) is 26.1. The number of Topliss-reactive ketones (excluding diaryl/α,β-unsaturated/α-hetero) is 2. The van der Waals surface area contributed by atoms with Gasteiger partial charge in [-0.25, -0.2) is 4.39 Å². The number of carbonyl (C=O) groups excluding carboxylic acids is 3. The minimum Gasteiger partial charge on any atom is -0.358 e. The summed E-state index contributed by atoms with van der Waals surface area (Å²) in [5.41, 5.74) is 2.80. The van der Waals surface area contributed by atoms with Crippen LogP contribution in [0.5, 0.6) is 0 Å². The summed E-state index contributed by atoms with van der Waals surface area (Å²) < 4.78 is 14.9. The summed E-state index contributed by atoms with van der Waals surface area (Å²) in [7, 11) is 0. The minimum atomic E-state index is -1.56. The molecule has 5 nitrogen and oxygen atoms in total. The average Bonchev–Trinajstić information content (AvgIpc) is 3.45. The summed E-state index contributed by atoms with van der Waals surface area (Å²) >= 11 is 0. The van der Waals surface area contributed by atoms with Gasteiger partial charge in [0.2, 0.25) is 5.91 Å². The molecule has 6 heteroatoms. The molecule has 1 amide bonds. The number of anilines is 1.